The molecule has 0 bridgehead atoms. The molecule has 0 heterocycles. The molecule has 0 radical (unpaired) electrons. The van der Waals surface area contributed by atoms with Gasteiger partial charge in [0.1, 0.15) is 5.82 Å². The van der Waals surface area contributed by atoms with Crippen LogP contribution in [0.25, 0.3) is 0 Å². The Kier molecular flexibility index (Phi) is 7.89. The molecule has 0 unspecified atom stereocenters. The molecule has 1 fully saturated rings. The summed E-state index contributed by atoms with van der Waals surface area (Å²) in [7, 11) is 0. The van der Waals surface area contributed by atoms with Gasteiger partial charge in [0.25, 0.3) is 0 Å². The Labute approximate surface area is 149 Å². The molecule has 0 saturated heterocycles. The molecule has 5 heteroatoms. The van der Waals surface area contributed by atoms with Crippen LogP contribution in [0.2, 0.25) is 0 Å². The van der Waals surface area contributed by atoms with Gasteiger partial charge in [-0.3, -0.25) is 9.59 Å². The molecule has 1 aromatic rings. The molecular weight excluding hydrogens is 319 g/mol. The summed E-state index contributed by atoms with van der Waals surface area (Å²) >= 11 is 0. The number of hydrogen-bond acceptors (Lipinski definition) is 2. The fourth-order valence-corrected chi connectivity index (χ4v) is 3.28. The summed E-state index contributed by atoms with van der Waals surface area (Å²) in [6.07, 6.45) is 6.37. The molecule has 0 aliphatic heterocycles. The first-order chi connectivity index (χ1) is 12.1. The van der Waals surface area contributed by atoms with E-state index in [0.29, 0.717) is 6.54 Å². The van der Waals surface area contributed by atoms with Crippen molar-refractivity contribution in [3.8, 4) is 0 Å². The van der Waals surface area contributed by atoms with Crippen LogP contribution in [0.15, 0.2) is 24.3 Å². The van der Waals surface area contributed by atoms with E-state index in [1.54, 1.807) is 12.1 Å². The maximum atomic E-state index is 12.9. The number of halogens is 1. The first kappa shape index (κ1) is 19.4. The lowest BCUT2D eigenvalue weighted by molar-refractivity contribution is -0.130. The molecule has 2 N–H and O–H groups in total. The Hall–Kier alpha value is -1.91. The lowest BCUT2D eigenvalue weighted by Crippen LogP contribution is -2.37. The maximum absolute atomic E-state index is 12.9. The maximum Gasteiger partial charge on any atom is 0.223 e. The van der Waals surface area contributed by atoms with Crippen molar-refractivity contribution in [1.29, 1.82) is 0 Å². The summed E-state index contributed by atoms with van der Waals surface area (Å²) < 4.78 is 12.9. The highest BCUT2D eigenvalue weighted by atomic mass is 19.1. The lowest BCUT2D eigenvalue weighted by atomic mass is 9.81. The summed E-state index contributed by atoms with van der Waals surface area (Å²) in [6, 6.07) is 6.14. The van der Waals surface area contributed by atoms with Gasteiger partial charge >= 0.3 is 0 Å². The van der Waals surface area contributed by atoms with Gasteiger partial charge in [-0.15, -0.1) is 0 Å². The van der Waals surface area contributed by atoms with Crippen LogP contribution < -0.4 is 10.6 Å². The van der Waals surface area contributed by atoms with Crippen LogP contribution >= 0.6 is 0 Å². The zero-order valence-corrected chi connectivity index (χ0v) is 15.0. The highest BCUT2D eigenvalue weighted by Gasteiger charge is 2.29. The van der Waals surface area contributed by atoms with Crippen molar-refractivity contribution in [2.24, 2.45) is 11.8 Å². The number of carbonyl (C=O) groups excluding carboxylic acids is 2. The van der Waals surface area contributed by atoms with Crippen molar-refractivity contribution in [3.63, 3.8) is 0 Å². The van der Waals surface area contributed by atoms with Crippen molar-refractivity contribution in [3.05, 3.63) is 35.6 Å². The summed E-state index contributed by atoms with van der Waals surface area (Å²) in [5, 5.41) is 5.93. The molecular formula is C20H29FN2O2. The Balaban J connectivity index is 1.67. The summed E-state index contributed by atoms with van der Waals surface area (Å²) in [6.45, 7) is 3.31. The minimum atomic E-state index is -0.277. The number of rotatable bonds is 8. The third-order valence-electron chi connectivity index (χ3n) is 4.93. The largest absolute Gasteiger partial charge is 0.356 e. The topological polar surface area (TPSA) is 58.2 Å². The van der Waals surface area contributed by atoms with Crippen LogP contribution in [-0.4, -0.2) is 18.4 Å². The first-order valence-corrected chi connectivity index (χ1v) is 9.40. The molecule has 0 spiro atoms. The van der Waals surface area contributed by atoms with Gasteiger partial charge in [0, 0.05) is 24.9 Å². The monoisotopic (exact) mass is 348 g/mol. The van der Waals surface area contributed by atoms with E-state index >= 15 is 0 Å². The first-order valence-electron chi connectivity index (χ1n) is 9.40. The fraction of sp³-hybridized carbons (Fsp3) is 0.600. The van der Waals surface area contributed by atoms with Gasteiger partial charge in [-0.2, -0.15) is 0 Å². The van der Waals surface area contributed by atoms with E-state index in [2.05, 4.69) is 17.6 Å². The molecule has 0 aromatic heterocycles. The molecule has 1 saturated carbocycles. The van der Waals surface area contributed by atoms with Crippen LogP contribution in [0.5, 0.6) is 0 Å². The average molecular weight is 348 g/mol. The van der Waals surface area contributed by atoms with Crippen LogP contribution in [0.3, 0.4) is 0 Å². The highest BCUT2D eigenvalue weighted by Crippen LogP contribution is 2.29. The molecule has 1 aliphatic rings. The zero-order valence-electron chi connectivity index (χ0n) is 15.0. The van der Waals surface area contributed by atoms with E-state index in [-0.39, 0.29) is 29.5 Å². The molecule has 2 rings (SSSR count). The Morgan fingerprint density at radius 1 is 0.960 bits per heavy atom. The van der Waals surface area contributed by atoms with Gasteiger partial charge in [-0.1, -0.05) is 31.9 Å². The fourth-order valence-electron chi connectivity index (χ4n) is 3.28. The van der Waals surface area contributed by atoms with E-state index in [1.165, 1.54) is 12.1 Å². The van der Waals surface area contributed by atoms with Crippen molar-refractivity contribution in [2.75, 3.05) is 6.54 Å². The Bertz CT molecular complexity index is 551. The average Bonchev–Trinajstić information content (AvgIpc) is 2.64. The van der Waals surface area contributed by atoms with Gasteiger partial charge in [0.15, 0.2) is 0 Å². The van der Waals surface area contributed by atoms with E-state index in [1.807, 2.05) is 0 Å². The molecule has 138 valence electrons. The smallest absolute Gasteiger partial charge is 0.223 e. The predicted molar refractivity (Wildman–Crippen MR) is 96.2 cm³/mol. The molecule has 2 amide bonds. The quantitative estimate of drug-likeness (QED) is 0.706. The minimum Gasteiger partial charge on any atom is -0.356 e. The third-order valence-corrected chi connectivity index (χ3v) is 4.93. The molecule has 0 atom stereocenters. The highest BCUT2D eigenvalue weighted by molar-refractivity contribution is 5.81. The van der Waals surface area contributed by atoms with E-state index < -0.39 is 0 Å². The second kappa shape index (κ2) is 10.2. The van der Waals surface area contributed by atoms with E-state index in [0.717, 1.165) is 57.1 Å². The lowest BCUT2D eigenvalue weighted by Gasteiger charge is -2.27. The second-order valence-electron chi connectivity index (χ2n) is 6.89. The van der Waals surface area contributed by atoms with Crippen molar-refractivity contribution in [1.82, 2.24) is 10.6 Å². The normalized spacial score (nSPS) is 20.1. The van der Waals surface area contributed by atoms with Crippen molar-refractivity contribution < 1.29 is 14.0 Å². The molecule has 25 heavy (non-hydrogen) atoms. The molecule has 1 aliphatic carbocycles. The molecule has 4 nitrogen and oxygen atoms in total. The van der Waals surface area contributed by atoms with Crippen LogP contribution in [-0.2, 0) is 16.1 Å². The number of amides is 2. The second-order valence-corrected chi connectivity index (χ2v) is 6.89. The van der Waals surface area contributed by atoms with Gasteiger partial charge in [0.2, 0.25) is 11.8 Å². The number of benzene rings is 1. The van der Waals surface area contributed by atoms with E-state index in [4.69, 9.17) is 0 Å². The summed E-state index contributed by atoms with van der Waals surface area (Å²) in [5.74, 6) is -0.0823. The zero-order chi connectivity index (χ0) is 18.1. The van der Waals surface area contributed by atoms with E-state index in [9.17, 15) is 14.0 Å². The Morgan fingerprint density at radius 3 is 2.08 bits per heavy atom. The summed E-state index contributed by atoms with van der Waals surface area (Å²) in [4.78, 5) is 24.4. The number of hydrogen-bond donors (Lipinski definition) is 2. The van der Waals surface area contributed by atoms with Gasteiger partial charge in [0.05, 0.1) is 0 Å². The van der Waals surface area contributed by atoms with Crippen LogP contribution in [0, 0.1) is 17.7 Å². The van der Waals surface area contributed by atoms with Crippen molar-refractivity contribution >= 4 is 11.8 Å². The summed E-state index contributed by atoms with van der Waals surface area (Å²) in [5.41, 5.74) is 0.884. The number of nitrogens with one attached hydrogen (secondary N) is 2. The van der Waals surface area contributed by atoms with Crippen LogP contribution in [0.4, 0.5) is 4.39 Å². The third kappa shape index (κ3) is 6.48. The van der Waals surface area contributed by atoms with Gasteiger partial charge in [-0.25, -0.2) is 4.39 Å². The minimum absolute atomic E-state index is 0.0235. The molecule has 1 aromatic carbocycles. The van der Waals surface area contributed by atoms with Gasteiger partial charge < -0.3 is 10.6 Å². The van der Waals surface area contributed by atoms with Crippen molar-refractivity contribution in [2.45, 2.75) is 58.4 Å². The van der Waals surface area contributed by atoms with Gasteiger partial charge in [-0.05, 0) is 49.8 Å². The Morgan fingerprint density at radius 2 is 1.52 bits per heavy atom. The SMILES string of the molecule is CCCCCNC(=O)C1CCC(C(=O)NCc2ccc(F)cc2)CC1. The van der Waals surface area contributed by atoms with Crippen LogP contribution in [0.1, 0.15) is 57.4 Å². The number of carbonyl (C=O) groups is 2. The number of unbranched alkanes of at least 4 members (excludes halogenated alkanes) is 2. The predicted octanol–water partition coefficient (Wildman–Crippen LogP) is 3.55. The standard InChI is InChI=1S/C20H29FN2O2/c1-2-3-4-13-22-19(24)16-7-9-17(10-8-16)20(25)23-14-15-5-11-18(21)12-6-15/h5-6,11-12,16-17H,2-4,7-10,13-14H2,1H3,(H,22,24)(H,23,25).